The number of aromatic nitrogens is 1. The summed E-state index contributed by atoms with van der Waals surface area (Å²) in [6.45, 7) is 0. The molecule has 0 saturated heterocycles. The number of thiophene rings is 1. The normalized spacial score (nSPS) is 12.6. The molecule has 1 unspecified atom stereocenters. The van der Waals surface area contributed by atoms with Gasteiger partial charge in [0, 0.05) is 11.8 Å². The molecule has 2 rings (SSSR count). The molecule has 0 aliphatic rings. The van der Waals surface area contributed by atoms with Crippen LogP contribution in [0.25, 0.3) is 11.3 Å². The summed E-state index contributed by atoms with van der Waals surface area (Å²) in [5.74, 6) is 0. The topological polar surface area (TPSA) is 53.0 Å². The van der Waals surface area contributed by atoms with E-state index in [2.05, 4.69) is 4.98 Å². The van der Waals surface area contributed by atoms with Crippen molar-refractivity contribution in [3.63, 3.8) is 0 Å². The molecule has 0 spiro atoms. The molecule has 5 heteroatoms. The smallest absolute Gasteiger partial charge is 0.0865 e. The van der Waals surface area contributed by atoms with Crippen LogP contribution in [-0.2, 0) is 11.1 Å². The van der Waals surface area contributed by atoms with Gasteiger partial charge in [-0.3, -0.25) is 9.19 Å². The Morgan fingerprint density at radius 2 is 2.21 bits per heavy atom. The van der Waals surface area contributed by atoms with Gasteiger partial charge in [0.15, 0.2) is 0 Å². The van der Waals surface area contributed by atoms with E-state index in [1.807, 2.05) is 6.07 Å². The molecule has 0 aliphatic carbocycles. The van der Waals surface area contributed by atoms with Crippen molar-refractivity contribution in [1.82, 2.24) is 4.98 Å². The Balaban J connectivity index is 2.52. The third-order valence-electron chi connectivity index (χ3n) is 1.72. The Morgan fingerprint density at radius 3 is 2.86 bits per heavy atom. The lowest BCUT2D eigenvalue weighted by Gasteiger charge is -2.05. The van der Waals surface area contributed by atoms with E-state index in [1.54, 1.807) is 29.8 Å². The Hall–Kier alpha value is -1.04. The Labute approximate surface area is 87.7 Å². The highest BCUT2D eigenvalue weighted by Crippen LogP contribution is 2.28. The zero-order valence-electron chi connectivity index (χ0n) is 7.04. The van der Waals surface area contributed by atoms with Gasteiger partial charge in [0.25, 0.3) is 0 Å². The fraction of sp³-hybridized carbons (Fsp3) is 0. The van der Waals surface area contributed by atoms with E-state index < -0.39 is 11.1 Å². The summed E-state index contributed by atoms with van der Waals surface area (Å²) in [5.41, 5.74) is 1.36. The molecular weight excluding hydrogens is 218 g/mol. The summed E-state index contributed by atoms with van der Waals surface area (Å²) in [7, 11) is 0. The second-order valence-corrected chi connectivity index (χ2v) is 4.62. The first-order valence-corrected chi connectivity index (χ1v) is 5.82. The lowest BCUT2D eigenvalue weighted by atomic mass is 10.2. The average molecular weight is 224 g/mol. The Bertz CT molecular complexity index is 453. The molecule has 0 aliphatic heterocycles. The maximum Gasteiger partial charge on any atom is 0.0865 e. The second-order valence-electron chi connectivity index (χ2n) is 2.57. The van der Waals surface area contributed by atoms with E-state index in [-0.39, 0.29) is 0 Å². The van der Waals surface area contributed by atoms with Crippen molar-refractivity contribution in [1.29, 1.82) is 0 Å². The minimum atomic E-state index is -2.18. The number of nitrogens with zero attached hydrogens (tertiary/aromatic N) is 1. The van der Waals surface area contributed by atoms with Gasteiger partial charge in [0.05, 0.1) is 9.90 Å². The van der Waals surface area contributed by atoms with Gasteiger partial charge in [-0.05, 0) is 34.7 Å². The zero-order chi connectivity index (χ0) is 9.97. The summed E-state index contributed by atoms with van der Waals surface area (Å²) >= 11 is -0.982. The maximum absolute atomic E-state index is 10.8. The van der Waals surface area contributed by atoms with Crippen LogP contribution in [0.5, 0.6) is 0 Å². The first-order chi connectivity index (χ1) is 6.79. The quantitative estimate of drug-likeness (QED) is 0.733. The first-order valence-electron chi connectivity index (χ1n) is 3.87. The van der Waals surface area contributed by atoms with E-state index in [4.69, 9.17) is 0 Å². The fourth-order valence-electron chi connectivity index (χ4n) is 1.14. The minimum Gasteiger partial charge on any atom is -0.768 e. The number of hydrogen-bond acceptors (Lipinski definition) is 4. The third-order valence-corrected chi connectivity index (χ3v) is 3.65. The van der Waals surface area contributed by atoms with Gasteiger partial charge < -0.3 is 4.55 Å². The monoisotopic (exact) mass is 224 g/mol. The molecule has 0 radical (unpaired) electrons. The molecule has 0 N–H and O–H groups in total. The Morgan fingerprint density at radius 1 is 1.36 bits per heavy atom. The van der Waals surface area contributed by atoms with Crippen LogP contribution in [0.2, 0.25) is 0 Å². The van der Waals surface area contributed by atoms with Crippen LogP contribution in [0, 0.1) is 0 Å². The molecule has 1 atom stereocenters. The SMILES string of the molecule is O=S([O-])c1sccc1-c1ccccn1. The summed E-state index contributed by atoms with van der Waals surface area (Å²) < 4.78 is 22.0. The third kappa shape index (κ3) is 1.75. The van der Waals surface area contributed by atoms with Crippen molar-refractivity contribution in [2.24, 2.45) is 0 Å². The van der Waals surface area contributed by atoms with Gasteiger partial charge in [-0.2, -0.15) is 0 Å². The van der Waals surface area contributed by atoms with Crippen LogP contribution in [0.1, 0.15) is 0 Å². The van der Waals surface area contributed by atoms with Crippen LogP contribution in [-0.4, -0.2) is 13.7 Å². The molecule has 3 nitrogen and oxygen atoms in total. The summed E-state index contributed by atoms with van der Waals surface area (Å²) in [6, 6.07) is 7.18. The molecule has 0 fully saturated rings. The molecule has 0 bridgehead atoms. The highest BCUT2D eigenvalue weighted by atomic mass is 32.2. The molecule has 2 heterocycles. The standard InChI is InChI=1S/C9H7NO2S2/c11-14(12)9-7(4-6-13-9)8-3-1-2-5-10-8/h1-6H,(H,11,12)/p-1. The number of hydrogen-bond donors (Lipinski definition) is 0. The van der Waals surface area contributed by atoms with E-state index in [9.17, 15) is 8.76 Å². The predicted octanol–water partition coefficient (Wildman–Crippen LogP) is 2.05. The van der Waals surface area contributed by atoms with Crippen molar-refractivity contribution in [3.05, 3.63) is 35.8 Å². The summed E-state index contributed by atoms with van der Waals surface area (Å²) in [5, 5.41) is 1.75. The van der Waals surface area contributed by atoms with Crippen LogP contribution in [0.15, 0.2) is 40.1 Å². The largest absolute Gasteiger partial charge is 0.768 e. The van der Waals surface area contributed by atoms with Crippen LogP contribution < -0.4 is 0 Å². The van der Waals surface area contributed by atoms with Gasteiger partial charge in [-0.25, -0.2) is 0 Å². The van der Waals surface area contributed by atoms with Gasteiger partial charge in [-0.1, -0.05) is 6.07 Å². The lowest BCUT2D eigenvalue weighted by molar-refractivity contribution is 0.539. The maximum atomic E-state index is 10.8. The van der Waals surface area contributed by atoms with Gasteiger partial charge >= 0.3 is 0 Å². The Kier molecular flexibility index (Phi) is 2.72. The molecule has 14 heavy (non-hydrogen) atoms. The summed E-state index contributed by atoms with van der Waals surface area (Å²) in [6.07, 6.45) is 1.64. The molecule has 2 aromatic rings. The molecule has 2 aromatic heterocycles. The minimum absolute atomic E-state index is 0.337. The molecule has 0 saturated carbocycles. The van der Waals surface area contributed by atoms with Crippen molar-refractivity contribution < 1.29 is 8.76 Å². The van der Waals surface area contributed by atoms with Gasteiger partial charge in [-0.15, -0.1) is 11.3 Å². The van der Waals surface area contributed by atoms with E-state index in [1.165, 1.54) is 11.3 Å². The van der Waals surface area contributed by atoms with E-state index in [0.717, 1.165) is 0 Å². The van der Waals surface area contributed by atoms with Gasteiger partial charge in [0.1, 0.15) is 0 Å². The lowest BCUT2D eigenvalue weighted by Crippen LogP contribution is -1.88. The van der Waals surface area contributed by atoms with E-state index >= 15 is 0 Å². The predicted molar refractivity (Wildman–Crippen MR) is 54.7 cm³/mol. The highest BCUT2D eigenvalue weighted by Gasteiger charge is 2.07. The molecule has 0 amide bonds. The van der Waals surface area contributed by atoms with Crippen molar-refractivity contribution >= 4 is 22.4 Å². The zero-order valence-corrected chi connectivity index (χ0v) is 8.68. The highest BCUT2D eigenvalue weighted by molar-refractivity contribution is 7.81. The van der Waals surface area contributed by atoms with Crippen LogP contribution in [0.4, 0.5) is 0 Å². The molecular formula is C9H6NO2S2-. The number of pyridine rings is 1. The van der Waals surface area contributed by atoms with Crippen LogP contribution in [0.3, 0.4) is 0 Å². The number of rotatable bonds is 2. The second kappa shape index (κ2) is 4.00. The van der Waals surface area contributed by atoms with Crippen molar-refractivity contribution in [2.45, 2.75) is 4.21 Å². The average Bonchev–Trinajstić information content (AvgIpc) is 2.67. The molecule has 0 aromatic carbocycles. The van der Waals surface area contributed by atoms with Crippen LogP contribution >= 0.6 is 11.3 Å². The van der Waals surface area contributed by atoms with Gasteiger partial charge in [0.2, 0.25) is 0 Å². The first kappa shape index (κ1) is 9.51. The van der Waals surface area contributed by atoms with Crippen molar-refractivity contribution in [3.8, 4) is 11.3 Å². The molecule has 72 valence electrons. The fourth-order valence-corrected chi connectivity index (χ4v) is 2.60. The van der Waals surface area contributed by atoms with E-state index in [0.29, 0.717) is 15.5 Å². The van der Waals surface area contributed by atoms with Crippen molar-refractivity contribution in [2.75, 3.05) is 0 Å². The summed E-state index contributed by atoms with van der Waals surface area (Å²) in [4.78, 5) is 4.10.